The van der Waals surface area contributed by atoms with Crippen LogP contribution in [0.4, 0.5) is 0 Å². The number of nitrogens with zero attached hydrogens (tertiary/aromatic N) is 1. The van der Waals surface area contributed by atoms with Crippen LogP contribution in [0.25, 0.3) is 0 Å². The molecule has 0 bridgehead atoms. The van der Waals surface area contributed by atoms with E-state index in [1.807, 2.05) is 32.9 Å². The predicted molar refractivity (Wildman–Crippen MR) is 69.1 cm³/mol. The highest BCUT2D eigenvalue weighted by Crippen LogP contribution is 2.21. The molecule has 1 aromatic rings. The summed E-state index contributed by atoms with van der Waals surface area (Å²) in [6.07, 6.45) is 0.488. The third kappa shape index (κ3) is 4.33. The molecule has 0 atom stereocenters. The number of thiophene rings is 1. The summed E-state index contributed by atoms with van der Waals surface area (Å²) in [5.74, 6) is 0.281. The first kappa shape index (κ1) is 13.2. The lowest BCUT2D eigenvalue weighted by Gasteiger charge is -2.03. The first-order valence-corrected chi connectivity index (χ1v) is 6.27. The largest absolute Gasteiger partial charge is 0.273 e. The van der Waals surface area contributed by atoms with Crippen molar-refractivity contribution in [2.24, 2.45) is 11.0 Å². The van der Waals surface area contributed by atoms with Gasteiger partial charge in [-0.05, 0) is 25.0 Å². The van der Waals surface area contributed by atoms with Crippen molar-refractivity contribution in [2.45, 2.75) is 27.2 Å². The SMILES string of the molecule is C/C(=N/NC(=O)CC(C)C)c1ccc(Cl)s1. The van der Waals surface area contributed by atoms with Gasteiger partial charge in [0.05, 0.1) is 14.9 Å². The molecular weight excluding hydrogens is 244 g/mol. The van der Waals surface area contributed by atoms with Gasteiger partial charge >= 0.3 is 0 Å². The highest BCUT2D eigenvalue weighted by atomic mass is 35.5. The van der Waals surface area contributed by atoms with Crippen LogP contribution >= 0.6 is 22.9 Å². The lowest BCUT2D eigenvalue weighted by Crippen LogP contribution is -2.20. The number of hydrogen-bond acceptors (Lipinski definition) is 3. The summed E-state index contributed by atoms with van der Waals surface area (Å²) in [5.41, 5.74) is 3.31. The third-order valence-corrected chi connectivity index (χ3v) is 3.21. The molecule has 0 saturated heterocycles. The van der Waals surface area contributed by atoms with E-state index in [0.29, 0.717) is 12.3 Å². The molecule has 1 aromatic heterocycles. The molecule has 1 rings (SSSR count). The van der Waals surface area contributed by atoms with E-state index in [9.17, 15) is 4.79 Å². The van der Waals surface area contributed by atoms with Gasteiger partial charge < -0.3 is 0 Å². The second-order valence-electron chi connectivity index (χ2n) is 3.93. The predicted octanol–water partition coefficient (Wildman–Crippen LogP) is 3.29. The first-order valence-electron chi connectivity index (χ1n) is 5.08. The van der Waals surface area contributed by atoms with E-state index in [1.165, 1.54) is 11.3 Å². The summed E-state index contributed by atoms with van der Waals surface area (Å²) in [6.45, 7) is 5.84. The van der Waals surface area contributed by atoms with Crippen LogP contribution in [0.2, 0.25) is 4.34 Å². The first-order chi connectivity index (χ1) is 7.49. The molecular formula is C11H15ClN2OS. The lowest BCUT2D eigenvalue weighted by atomic mass is 10.1. The lowest BCUT2D eigenvalue weighted by molar-refractivity contribution is -0.121. The van der Waals surface area contributed by atoms with Crippen molar-refractivity contribution >= 4 is 34.6 Å². The van der Waals surface area contributed by atoms with Crippen molar-refractivity contribution in [2.75, 3.05) is 0 Å². The van der Waals surface area contributed by atoms with Gasteiger partial charge in [-0.3, -0.25) is 4.79 Å². The average molecular weight is 259 g/mol. The van der Waals surface area contributed by atoms with Gasteiger partial charge in [-0.25, -0.2) is 5.43 Å². The molecule has 88 valence electrons. The van der Waals surface area contributed by atoms with Gasteiger partial charge in [0.15, 0.2) is 0 Å². The molecule has 0 radical (unpaired) electrons. The zero-order valence-electron chi connectivity index (χ0n) is 9.58. The number of amides is 1. The van der Waals surface area contributed by atoms with Gasteiger partial charge in [0.25, 0.3) is 0 Å². The van der Waals surface area contributed by atoms with E-state index < -0.39 is 0 Å². The Morgan fingerprint density at radius 3 is 2.75 bits per heavy atom. The number of hydrazone groups is 1. The van der Waals surface area contributed by atoms with E-state index in [1.54, 1.807) is 0 Å². The van der Waals surface area contributed by atoms with Crippen LogP contribution in [0.1, 0.15) is 32.1 Å². The van der Waals surface area contributed by atoms with Crippen LogP contribution < -0.4 is 5.43 Å². The van der Waals surface area contributed by atoms with Crippen LogP contribution in [0.5, 0.6) is 0 Å². The summed E-state index contributed by atoms with van der Waals surface area (Å²) in [5, 5.41) is 4.03. The number of rotatable bonds is 4. The molecule has 5 heteroatoms. The Kier molecular flexibility index (Phi) is 4.96. The van der Waals surface area contributed by atoms with Crippen molar-refractivity contribution in [3.05, 3.63) is 21.3 Å². The molecule has 16 heavy (non-hydrogen) atoms. The zero-order chi connectivity index (χ0) is 12.1. The molecule has 1 N–H and O–H groups in total. The summed E-state index contributed by atoms with van der Waals surface area (Å²) in [6, 6.07) is 3.71. The van der Waals surface area contributed by atoms with Crippen LogP contribution in [-0.2, 0) is 4.79 Å². The van der Waals surface area contributed by atoms with Gasteiger partial charge in [0, 0.05) is 6.42 Å². The highest BCUT2D eigenvalue weighted by molar-refractivity contribution is 7.18. The number of carbonyl (C=O) groups is 1. The Balaban J connectivity index is 2.54. The third-order valence-electron chi connectivity index (χ3n) is 1.87. The minimum Gasteiger partial charge on any atom is -0.273 e. The van der Waals surface area contributed by atoms with Gasteiger partial charge in [-0.2, -0.15) is 5.10 Å². The highest BCUT2D eigenvalue weighted by Gasteiger charge is 2.05. The molecule has 0 spiro atoms. The van der Waals surface area contributed by atoms with Crippen LogP contribution in [0, 0.1) is 5.92 Å². The molecule has 1 heterocycles. The standard InChI is InChI=1S/C11H15ClN2OS/c1-7(2)6-11(15)14-13-8(3)9-4-5-10(12)16-9/h4-5,7H,6H2,1-3H3,(H,14,15)/b13-8-. The van der Waals surface area contributed by atoms with E-state index in [-0.39, 0.29) is 5.91 Å². The summed E-state index contributed by atoms with van der Waals surface area (Å²) < 4.78 is 0.720. The van der Waals surface area contributed by atoms with Crippen molar-refractivity contribution in [3.63, 3.8) is 0 Å². The second-order valence-corrected chi connectivity index (χ2v) is 5.65. The minimum atomic E-state index is -0.0583. The molecule has 0 aliphatic rings. The smallest absolute Gasteiger partial charge is 0.240 e. The molecule has 3 nitrogen and oxygen atoms in total. The fourth-order valence-corrected chi connectivity index (χ4v) is 2.11. The Hall–Kier alpha value is -0.870. The molecule has 0 aliphatic carbocycles. The maximum absolute atomic E-state index is 11.4. The molecule has 0 saturated carbocycles. The van der Waals surface area contributed by atoms with E-state index in [2.05, 4.69) is 10.5 Å². The van der Waals surface area contributed by atoms with Crippen LogP contribution in [-0.4, -0.2) is 11.6 Å². The number of hydrogen-bond donors (Lipinski definition) is 1. The Bertz CT molecular complexity index is 398. The Morgan fingerprint density at radius 1 is 1.56 bits per heavy atom. The van der Waals surface area contributed by atoms with Crippen molar-refractivity contribution in [3.8, 4) is 0 Å². The Labute approximate surface area is 105 Å². The maximum Gasteiger partial charge on any atom is 0.240 e. The second kappa shape index (κ2) is 6.01. The van der Waals surface area contributed by atoms with Gasteiger partial charge in [0.1, 0.15) is 0 Å². The van der Waals surface area contributed by atoms with Crippen molar-refractivity contribution in [1.29, 1.82) is 0 Å². The van der Waals surface area contributed by atoms with Gasteiger partial charge in [-0.1, -0.05) is 25.4 Å². The normalized spacial score (nSPS) is 11.9. The molecule has 0 unspecified atom stereocenters. The summed E-state index contributed by atoms with van der Waals surface area (Å²) >= 11 is 7.26. The summed E-state index contributed by atoms with van der Waals surface area (Å²) in [7, 11) is 0. The quantitative estimate of drug-likeness (QED) is 0.654. The number of halogens is 1. The molecule has 0 aromatic carbocycles. The van der Waals surface area contributed by atoms with Gasteiger partial charge in [-0.15, -0.1) is 11.3 Å². The van der Waals surface area contributed by atoms with E-state index >= 15 is 0 Å². The molecule has 0 aliphatic heterocycles. The van der Waals surface area contributed by atoms with Crippen LogP contribution in [0.15, 0.2) is 17.2 Å². The zero-order valence-corrected chi connectivity index (χ0v) is 11.2. The van der Waals surface area contributed by atoms with Gasteiger partial charge in [0.2, 0.25) is 5.91 Å². The molecule has 1 amide bonds. The maximum atomic E-state index is 11.4. The van der Waals surface area contributed by atoms with Crippen molar-refractivity contribution in [1.82, 2.24) is 5.43 Å². The van der Waals surface area contributed by atoms with E-state index in [0.717, 1.165) is 14.9 Å². The monoisotopic (exact) mass is 258 g/mol. The Morgan fingerprint density at radius 2 is 2.25 bits per heavy atom. The average Bonchev–Trinajstić information content (AvgIpc) is 2.60. The summed E-state index contributed by atoms with van der Waals surface area (Å²) in [4.78, 5) is 12.3. The fourth-order valence-electron chi connectivity index (χ4n) is 1.13. The number of carbonyl (C=O) groups excluding carboxylic acids is 1. The topological polar surface area (TPSA) is 41.5 Å². The van der Waals surface area contributed by atoms with Crippen LogP contribution in [0.3, 0.4) is 0 Å². The fraction of sp³-hybridized carbons (Fsp3) is 0.455. The van der Waals surface area contributed by atoms with E-state index in [4.69, 9.17) is 11.6 Å². The molecule has 0 fully saturated rings. The van der Waals surface area contributed by atoms with Crippen molar-refractivity contribution < 1.29 is 4.79 Å². The number of nitrogens with one attached hydrogen (secondary N) is 1. The minimum absolute atomic E-state index is 0.0583.